The van der Waals surface area contributed by atoms with Gasteiger partial charge in [0.1, 0.15) is 5.75 Å². The van der Waals surface area contributed by atoms with Gasteiger partial charge in [-0.15, -0.1) is 11.6 Å². The van der Waals surface area contributed by atoms with E-state index in [0.29, 0.717) is 12.1 Å². The van der Waals surface area contributed by atoms with Crippen molar-refractivity contribution in [2.75, 3.05) is 11.6 Å². The highest BCUT2D eigenvalue weighted by Crippen LogP contribution is 2.38. The first-order chi connectivity index (χ1) is 7.27. The van der Waals surface area contributed by atoms with E-state index in [1.54, 1.807) is 0 Å². The van der Waals surface area contributed by atoms with Crippen LogP contribution < -0.4 is 5.73 Å². The van der Waals surface area contributed by atoms with Crippen molar-refractivity contribution in [3.8, 4) is 5.75 Å². The fourth-order valence-corrected chi connectivity index (χ4v) is 1.29. The smallest absolute Gasteiger partial charge is 0.419 e. The Morgan fingerprint density at radius 3 is 2.44 bits per heavy atom. The molecule has 0 heterocycles. The third-order valence-electron chi connectivity index (χ3n) is 1.90. The second-order valence-corrected chi connectivity index (χ2v) is 3.28. The lowest BCUT2D eigenvalue weighted by Gasteiger charge is -2.12. The highest BCUT2D eigenvalue weighted by atomic mass is 35.5. The van der Waals surface area contributed by atoms with E-state index in [1.165, 1.54) is 0 Å². The normalized spacial score (nSPS) is 11.5. The zero-order valence-corrected chi connectivity index (χ0v) is 8.56. The number of hydrogen-bond acceptors (Lipinski definition) is 3. The Balaban J connectivity index is 3.39. The first kappa shape index (κ1) is 12.6. The Morgan fingerprint density at radius 2 is 2.00 bits per heavy atom. The summed E-state index contributed by atoms with van der Waals surface area (Å²) in [5.41, 5.74) is 3.41. The standard InChI is InChI=1S/C9H7ClF3NO2/c10-3-8(16)4-1-5(9(11,12)13)7(15)2-6(4)14/h1-2,15H,3,14H2. The number of nitrogen functional groups attached to an aromatic ring is 1. The van der Waals surface area contributed by atoms with Crippen LogP contribution in [0, 0.1) is 0 Å². The minimum absolute atomic E-state index is 0.240. The molecule has 1 aromatic carbocycles. The Labute approximate surface area is 93.6 Å². The average Bonchev–Trinajstić information content (AvgIpc) is 2.14. The van der Waals surface area contributed by atoms with Crippen LogP contribution in [-0.2, 0) is 6.18 Å². The molecule has 0 bridgehead atoms. The van der Waals surface area contributed by atoms with Gasteiger partial charge in [0.2, 0.25) is 0 Å². The maximum Gasteiger partial charge on any atom is 0.419 e. The summed E-state index contributed by atoms with van der Waals surface area (Å²) < 4.78 is 37.1. The molecule has 1 aromatic rings. The van der Waals surface area contributed by atoms with Gasteiger partial charge in [0.05, 0.1) is 11.4 Å². The number of carbonyl (C=O) groups excluding carboxylic acids is 1. The predicted molar refractivity (Wildman–Crippen MR) is 52.6 cm³/mol. The van der Waals surface area contributed by atoms with E-state index >= 15 is 0 Å². The molecule has 0 radical (unpaired) electrons. The molecule has 0 aliphatic heterocycles. The van der Waals surface area contributed by atoms with Crippen molar-refractivity contribution in [2.45, 2.75) is 6.18 Å². The molecule has 0 saturated heterocycles. The summed E-state index contributed by atoms with van der Waals surface area (Å²) in [6.07, 6.45) is -4.75. The number of carbonyl (C=O) groups is 1. The number of phenolic OH excluding ortho intramolecular Hbond substituents is 1. The van der Waals surface area contributed by atoms with Gasteiger partial charge in [-0.2, -0.15) is 13.2 Å². The van der Waals surface area contributed by atoms with E-state index in [4.69, 9.17) is 22.4 Å². The number of aromatic hydroxyl groups is 1. The third-order valence-corrected chi connectivity index (χ3v) is 2.14. The number of halogens is 4. The van der Waals surface area contributed by atoms with E-state index < -0.39 is 29.2 Å². The van der Waals surface area contributed by atoms with Gasteiger partial charge >= 0.3 is 6.18 Å². The van der Waals surface area contributed by atoms with Gasteiger partial charge in [0.15, 0.2) is 5.78 Å². The first-order valence-corrected chi connectivity index (χ1v) is 4.59. The Morgan fingerprint density at radius 1 is 1.44 bits per heavy atom. The number of Topliss-reactive ketones (excluding diaryl/α,β-unsaturated/α-hetero) is 1. The first-order valence-electron chi connectivity index (χ1n) is 4.06. The van der Waals surface area contributed by atoms with E-state index in [9.17, 15) is 18.0 Å². The summed E-state index contributed by atoms with van der Waals surface area (Å²) in [6, 6.07) is 1.18. The van der Waals surface area contributed by atoms with Crippen LogP contribution in [0.2, 0.25) is 0 Å². The lowest BCUT2D eigenvalue weighted by Crippen LogP contribution is -2.11. The number of rotatable bonds is 2. The molecule has 3 nitrogen and oxygen atoms in total. The van der Waals surface area contributed by atoms with Crippen molar-refractivity contribution >= 4 is 23.1 Å². The van der Waals surface area contributed by atoms with E-state index in [1.807, 2.05) is 0 Å². The number of alkyl halides is 4. The van der Waals surface area contributed by atoms with Crippen LogP contribution in [0.25, 0.3) is 0 Å². The highest BCUT2D eigenvalue weighted by Gasteiger charge is 2.35. The molecule has 0 aliphatic rings. The Bertz CT molecular complexity index is 431. The van der Waals surface area contributed by atoms with Gasteiger partial charge in [0, 0.05) is 17.3 Å². The zero-order valence-electron chi connectivity index (χ0n) is 7.81. The third kappa shape index (κ3) is 2.38. The van der Waals surface area contributed by atoms with Gasteiger partial charge in [-0.1, -0.05) is 0 Å². The minimum atomic E-state index is -4.75. The van der Waals surface area contributed by atoms with Crippen molar-refractivity contribution in [2.24, 2.45) is 0 Å². The molecule has 0 atom stereocenters. The number of anilines is 1. The summed E-state index contributed by atoms with van der Waals surface area (Å²) in [5, 5.41) is 9.06. The summed E-state index contributed by atoms with van der Waals surface area (Å²) in [6.45, 7) is 0. The zero-order chi connectivity index (χ0) is 12.5. The van der Waals surface area contributed by atoms with Crippen LogP contribution in [0.3, 0.4) is 0 Å². The van der Waals surface area contributed by atoms with Gasteiger partial charge in [-0.25, -0.2) is 0 Å². The molecule has 88 valence electrons. The number of ketones is 1. The van der Waals surface area contributed by atoms with Gasteiger partial charge in [-0.3, -0.25) is 4.79 Å². The summed E-state index contributed by atoms with van der Waals surface area (Å²) in [7, 11) is 0. The SMILES string of the molecule is Nc1cc(O)c(C(F)(F)F)cc1C(=O)CCl. The maximum atomic E-state index is 12.4. The molecule has 0 amide bonds. The largest absolute Gasteiger partial charge is 0.507 e. The lowest BCUT2D eigenvalue weighted by molar-refractivity contribution is -0.138. The minimum Gasteiger partial charge on any atom is -0.507 e. The topological polar surface area (TPSA) is 63.3 Å². The lowest BCUT2D eigenvalue weighted by atomic mass is 10.0. The van der Waals surface area contributed by atoms with E-state index in [0.717, 1.165) is 0 Å². The molecule has 3 N–H and O–H groups in total. The molecule has 16 heavy (non-hydrogen) atoms. The van der Waals surface area contributed by atoms with Crippen LogP contribution >= 0.6 is 11.6 Å². The van der Waals surface area contributed by atoms with Gasteiger partial charge < -0.3 is 10.8 Å². The number of nitrogens with two attached hydrogens (primary N) is 1. The number of phenols is 1. The van der Waals surface area contributed by atoms with E-state index in [-0.39, 0.29) is 11.3 Å². The van der Waals surface area contributed by atoms with E-state index in [2.05, 4.69) is 0 Å². The molecule has 0 fully saturated rings. The molecular weight excluding hydrogens is 247 g/mol. The van der Waals surface area contributed by atoms with Gasteiger partial charge in [-0.05, 0) is 6.07 Å². The molecule has 0 saturated carbocycles. The quantitative estimate of drug-likeness (QED) is 0.483. The second kappa shape index (κ2) is 4.21. The van der Waals surface area contributed by atoms with Crippen LogP contribution in [0.1, 0.15) is 15.9 Å². The van der Waals surface area contributed by atoms with Gasteiger partial charge in [0.25, 0.3) is 0 Å². The molecule has 0 spiro atoms. The van der Waals surface area contributed by atoms with Crippen molar-refractivity contribution in [3.63, 3.8) is 0 Å². The summed E-state index contributed by atoms with van der Waals surface area (Å²) in [5.74, 6) is -2.23. The fourth-order valence-electron chi connectivity index (χ4n) is 1.14. The molecule has 0 aromatic heterocycles. The number of benzene rings is 1. The predicted octanol–water partition coefficient (Wildman–Crippen LogP) is 2.41. The number of hydrogen-bond donors (Lipinski definition) is 2. The molecule has 1 rings (SSSR count). The monoisotopic (exact) mass is 253 g/mol. The van der Waals surface area contributed by atoms with Crippen LogP contribution in [-0.4, -0.2) is 16.8 Å². The fraction of sp³-hybridized carbons (Fsp3) is 0.222. The maximum absolute atomic E-state index is 12.4. The highest BCUT2D eigenvalue weighted by molar-refractivity contribution is 6.31. The van der Waals surface area contributed by atoms with Crippen molar-refractivity contribution in [1.82, 2.24) is 0 Å². The van der Waals surface area contributed by atoms with Crippen LogP contribution in [0.4, 0.5) is 18.9 Å². The Hall–Kier alpha value is -1.43. The van der Waals surface area contributed by atoms with Crippen molar-refractivity contribution < 1.29 is 23.1 Å². The van der Waals surface area contributed by atoms with Crippen LogP contribution in [0.5, 0.6) is 5.75 Å². The molecule has 0 unspecified atom stereocenters. The molecule has 0 aliphatic carbocycles. The Kier molecular flexibility index (Phi) is 3.32. The molecule has 7 heteroatoms. The summed E-state index contributed by atoms with van der Waals surface area (Å²) in [4.78, 5) is 11.2. The van der Waals surface area contributed by atoms with Crippen molar-refractivity contribution in [1.29, 1.82) is 0 Å². The van der Waals surface area contributed by atoms with Crippen molar-refractivity contribution in [3.05, 3.63) is 23.3 Å². The summed E-state index contributed by atoms with van der Waals surface area (Å²) >= 11 is 5.22. The van der Waals surface area contributed by atoms with Crippen LogP contribution in [0.15, 0.2) is 12.1 Å². The average molecular weight is 254 g/mol. The second-order valence-electron chi connectivity index (χ2n) is 3.01. The molecular formula is C9H7ClF3NO2.